The SMILES string of the molecule is Cc1nnc(N/N=C(/CC(C)C)c2ccccc2)[nH]c1=O. The van der Waals surface area contributed by atoms with E-state index in [9.17, 15) is 4.79 Å². The fourth-order valence-corrected chi connectivity index (χ4v) is 1.81. The summed E-state index contributed by atoms with van der Waals surface area (Å²) in [5.41, 5.74) is 4.79. The van der Waals surface area contributed by atoms with Gasteiger partial charge in [-0.3, -0.25) is 9.78 Å². The van der Waals surface area contributed by atoms with Crippen molar-refractivity contribution in [2.24, 2.45) is 11.0 Å². The fraction of sp³-hybridized carbons (Fsp3) is 0.333. The first-order valence-corrected chi connectivity index (χ1v) is 6.88. The zero-order valence-corrected chi connectivity index (χ0v) is 12.4. The maximum absolute atomic E-state index is 11.5. The van der Waals surface area contributed by atoms with Crippen molar-refractivity contribution >= 4 is 11.7 Å². The molecule has 0 spiro atoms. The summed E-state index contributed by atoms with van der Waals surface area (Å²) in [6.45, 7) is 5.87. The van der Waals surface area contributed by atoms with Gasteiger partial charge in [0.25, 0.3) is 5.56 Å². The summed E-state index contributed by atoms with van der Waals surface area (Å²) >= 11 is 0. The number of benzene rings is 1. The first-order chi connectivity index (χ1) is 10.1. The molecule has 0 fully saturated rings. The molecule has 21 heavy (non-hydrogen) atoms. The van der Waals surface area contributed by atoms with E-state index >= 15 is 0 Å². The van der Waals surface area contributed by atoms with E-state index in [-0.39, 0.29) is 11.5 Å². The number of hydrazone groups is 1. The van der Waals surface area contributed by atoms with Crippen LogP contribution in [0.15, 0.2) is 40.2 Å². The predicted octanol–water partition coefficient (Wildman–Crippen LogP) is 2.34. The Balaban J connectivity index is 2.24. The lowest BCUT2D eigenvalue weighted by molar-refractivity contribution is 0.683. The molecule has 0 unspecified atom stereocenters. The van der Waals surface area contributed by atoms with Gasteiger partial charge < -0.3 is 0 Å². The van der Waals surface area contributed by atoms with Crippen LogP contribution in [0.4, 0.5) is 5.95 Å². The molecule has 0 bridgehead atoms. The van der Waals surface area contributed by atoms with Crippen LogP contribution in [0.25, 0.3) is 0 Å². The molecule has 1 heterocycles. The van der Waals surface area contributed by atoms with E-state index in [0.717, 1.165) is 17.7 Å². The maximum Gasteiger partial charge on any atom is 0.274 e. The number of aromatic nitrogens is 3. The molecule has 6 nitrogen and oxygen atoms in total. The number of nitrogens with one attached hydrogen (secondary N) is 2. The van der Waals surface area contributed by atoms with Gasteiger partial charge >= 0.3 is 0 Å². The number of nitrogens with zero attached hydrogens (tertiary/aromatic N) is 3. The van der Waals surface area contributed by atoms with E-state index in [1.165, 1.54) is 0 Å². The smallest absolute Gasteiger partial charge is 0.274 e. The third-order valence-electron chi connectivity index (χ3n) is 2.87. The van der Waals surface area contributed by atoms with E-state index in [2.05, 4.69) is 39.6 Å². The third kappa shape index (κ3) is 4.24. The zero-order chi connectivity index (χ0) is 15.2. The third-order valence-corrected chi connectivity index (χ3v) is 2.87. The topological polar surface area (TPSA) is 83.0 Å². The minimum atomic E-state index is -0.271. The fourth-order valence-electron chi connectivity index (χ4n) is 1.81. The average Bonchev–Trinajstić information content (AvgIpc) is 2.47. The molecular weight excluding hydrogens is 266 g/mol. The molecule has 2 rings (SSSR count). The molecule has 0 aliphatic rings. The van der Waals surface area contributed by atoms with Crippen molar-refractivity contribution < 1.29 is 0 Å². The normalized spacial score (nSPS) is 11.7. The van der Waals surface area contributed by atoms with E-state index < -0.39 is 0 Å². The van der Waals surface area contributed by atoms with Gasteiger partial charge in [0, 0.05) is 0 Å². The number of hydrogen-bond acceptors (Lipinski definition) is 5. The molecule has 0 atom stereocenters. The summed E-state index contributed by atoms with van der Waals surface area (Å²) in [6.07, 6.45) is 0.820. The summed E-state index contributed by atoms with van der Waals surface area (Å²) in [5, 5.41) is 12.0. The monoisotopic (exact) mass is 285 g/mol. The number of H-pyrrole nitrogens is 1. The highest BCUT2D eigenvalue weighted by molar-refractivity contribution is 6.00. The van der Waals surface area contributed by atoms with Gasteiger partial charge in [-0.05, 0) is 24.8 Å². The van der Waals surface area contributed by atoms with E-state index in [1.54, 1.807) is 6.92 Å². The van der Waals surface area contributed by atoms with Gasteiger partial charge in [-0.15, -0.1) is 10.2 Å². The number of aryl methyl sites for hydroxylation is 1. The van der Waals surface area contributed by atoms with E-state index in [0.29, 0.717) is 11.6 Å². The molecule has 0 aliphatic carbocycles. The Morgan fingerprint density at radius 1 is 1.29 bits per heavy atom. The Morgan fingerprint density at radius 3 is 2.62 bits per heavy atom. The molecule has 2 N–H and O–H groups in total. The Morgan fingerprint density at radius 2 is 2.00 bits per heavy atom. The minimum Gasteiger partial charge on any atom is -0.288 e. The van der Waals surface area contributed by atoms with Crippen LogP contribution in [0.3, 0.4) is 0 Å². The highest BCUT2D eigenvalue weighted by Gasteiger charge is 2.07. The van der Waals surface area contributed by atoms with Crippen molar-refractivity contribution in [1.82, 2.24) is 15.2 Å². The van der Waals surface area contributed by atoms with Crippen LogP contribution in [0.5, 0.6) is 0 Å². The Bertz CT molecular complexity index is 676. The Labute approximate surface area is 123 Å². The molecular formula is C15H19N5O. The van der Waals surface area contributed by atoms with E-state index in [4.69, 9.17) is 0 Å². The van der Waals surface area contributed by atoms with E-state index in [1.807, 2.05) is 30.3 Å². The molecule has 110 valence electrons. The summed E-state index contributed by atoms with van der Waals surface area (Å²) in [6, 6.07) is 9.92. The molecule has 1 aromatic carbocycles. The lowest BCUT2D eigenvalue weighted by Crippen LogP contribution is -2.16. The van der Waals surface area contributed by atoms with Gasteiger partial charge in [0.2, 0.25) is 5.95 Å². The average molecular weight is 285 g/mol. The van der Waals surface area contributed by atoms with Crippen LogP contribution >= 0.6 is 0 Å². The molecule has 6 heteroatoms. The number of anilines is 1. The molecule has 0 radical (unpaired) electrons. The first-order valence-electron chi connectivity index (χ1n) is 6.88. The standard InChI is InChI=1S/C15H19N5O/c1-10(2)9-13(12-7-5-4-6-8-12)18-20-15-16-14(21)11(3)17-19-15/h4-8,10H,9H2,1-3H3,(H2,16,19,20,21)/b18-13-. The van der Waals surface area contributed by atoms with Gasteiger partial charge in [0.1, 0.15) is 5.69 Å². The molecule has 2 aromatic rings. The highest BCUT2D eigenvalue weighted by Crippen LogP contribution is 2.10. The molecule has 0 aliphatic heterocycles. The van der Waals surface area contributed by atoms with Crippen molar-refractivity contribution in [3.05, 3.63) is 51.9 Å². The van der Waals surface area contributed by atoms with Crippen molar-refractivity contribution in [1.29, 1.82) is 0 Å². The molecule has 0 saturated carbocycles. The van der Waals surface area contributed by atoms with Crippen LogP contribution in [0.1, 0.15) is 31.5 Å². The zero-order valence-electron chi connectivity index (χ0n) is 12.4. The minimum absolute atomic E-state index is 0.239. The van der Waals surface area contributed by atoms with Crippen molar-refractivity contribution in [3.63, 3.8) is 0 Å². The maximum atomic E-state index is 11.5. The summed E-state index contributed by atoms with van der Waals surface area (Å²) in [5.74, 6) is 0.705. The van der Waals surface area contributed by atoms with Gasteiger partial charge in [-0.2, -0.15) is 5.10 Å². The van der Waals surface area contributed by atoms with Crippen LogP contribution in [0, 0.1) is 12.8 Å². The highest BCUT2D eigenvalue weighted by atomic mass is 16.1. The summed E-state index contributed by atoms with van der Waals surface area (Å²) in [4.78, 5) is 14.1. The lowest BCUT2D eigenvalue weighted by Gasteiger charge is -2.09. The first kappa shape index (κ1) is 14.9. The second-order valence-corrected chi connectivity index (χ2v) is 5.22. The van der Waals surface area contributed by atoms with Crippen LogP contribution in [0.2, 0.25) is 0 Å². The number of aromatic amines is 1. The molecule has 1 aromatic heterocycles. The van der Waals surface area contributed by atoms with Crippen molar-refractivity contribution in [2.45, 2.75) is 27.2 Å². The van der Waals surface area contributed by atoms with Crippen LogP contribution in [-0.2, 0) is 0 Å². The van der Waals surface area contributed by atoms with Crippen LogP contribution in [-0.4, -0.2) is 20.9 Å². The Hall–Kier alpha value is -2.50. The molecule has 0 saturated heterocycles. The van der Waals surface area contributed by atoms with Gasteiger partial charge in [0.05, 0.1) is 5.71 Å². The van der Waals surface area contributed by atoms with Crippen molar-refractivity contribution in [3.8, 4) is 0 Å². The summed E-state index contributed by atoms with van der Waals surface area (Å²) < 4.78 is 0. The van der Waals surface area contributed by atoms with Crippen molar-refractivity contribution in [2.75, 3.05) is 5.43 Å². The Kier molecular flexibility index (Phi) is 4.81. The summed E-state index contributed by atoms with van der Waals surface area (Å²) in [7, 11) is 0. The second-order valence-electron chi connectivity index (χ2n) is 5.22. The quantitative estimate of drug-likeness (QED) is 0.652. The van der Waals surface area contributed by atoms with Crippen LogP contribution < -0.4 is 11.0 Å². The number of rotatable bonds is 5. The van der Waals surface area contributed by atoms with Gasteiger partial charge in [0.15, 0.2) is 0 Å². The largest absolute Gasteiger partial charge is 0.288 e. The van der Waals surface area contributed by atoms with Gasteiger partial charge in [-0.1, -0.05) is 44.2 Å². The van der Waals surface area contributed by atoms with Gasteiger partial charge in [-0.25, -0.2) is 5.43 Å². The lowest BCUT2D eigenvalue weighted by atomic mass is 10.0. The predicted molar refractivity (Wildman–Crippen MR) is 83.4 cm³/mol. The molecule has 0 amide bonds. The number of hydrogen-bond donors (Lipinski definition) is 2. The second kappa shape index (κ2) is 6.78.